The predicted molar refractivity (Wildman–Crippen MR) is 156 cm³/mol. The van der Waals surface area contributed by atoms with Gasteiger partial charge >= 0.3 is 0 Å². The van der Waals surface area contributed by atoms with Gasteiger partial charge in [0.2, 0.25) is 5.91 Å². The average molecular weight is 529 g/mol. The number of amidine groups is 1. The van der Waals surface area contributed by atoms with Gasteiger partial charge in [-0.3, -0.25) is 9.59 Å². The molecule has 0 saturated carbocycles. The number of ether oxygens (including phenoxy) is 1. The molecule has 1 atom stereocenters. The predicted octanol–water partition coefficient (Wildman–Crippen LogP) is 5.91. The third-order valence-electron chi connectivity index (χ3n) is 6.09. The van der Waals surface area contributed by atoms with Gasteiger partial charge in [-0.05, 0) is 80.3 Å². The van der Waals surface area contributed by atoms with Crippen LogP contribution in [0.4, 0.5) is 11.4 Å². The summed E-state index contributed by atoms with van der Waals surface area (Å²) in [6.45, 7) is 7.81. The van der Waals surface area contributed by atoms with E-state index in [1.807, 2.05) is 88.4 Å². The highest BCUT2D eigenvalue weighted by Crippen LogP contribution is 2.35. The fourth-order valence-corrected chi connectivity index (χ4v) is 5.11. The lowest BCUT2D eigenvalue weighted by molar-refractivity contribution is -0.114. The van der Waals surface area contributed by atoms with Gasteiger partial charge in [-0.1, -0.05) is 48.2 Å². The quantitative estimate of drug-likeness (QED) is 0.355. The topological polar surface area (TPSA) is 91.8 Å². The Kier molecular flexibility index (Phi) is 8.53. The van der Waals surface area contributed by atoms with Crippen LogP contribution in [0.15, 0.2) is 83.0 Å². The molecule has 0 bridgehead atoms. The number of carbonyl (C=O) groups excluding carboxylic acids is 2. The van der Waals surface area contributed by atoms with Crippen LogP contribution >= 0.6 is 11.8 Å². The van der Waals surface area contributed by atoms with Gasteiger partial charge in [-0.15, -0.1) is 0 Å². The Hall–Kier alpha value is -4.04. The fraction of sp³-hybridized carbons (Fsp3) is 0.233. The van der Waals surface area contributed by atoms with Crippen molar-refractivity contribution in [3.8, 4) is 5.75 Å². The first-order valence-electron chi connectivity index (χ1n) is 12.3. The molecule has 3 aromatic rings. The Morgan fingerprint density at radius 3 is 2.32 bits per heavy atom. The standard InChI is InChI=1S/C30H32N4O3S/c1-18-13-19(2)15-24(14-18)32-26(35)17-38-30-31-21(4)27(29(36)33-23-9-7-6-8-10-23)28(34-30)22-12-11-20(3)25(16-22)37-5/h6-16,28H,17H2,1-5H3,(H,31,34)(H,32,35)(H,33,36)/t28-/m0/s1. The summed E-state index contributed by atoms with van der Waals surface area (Å²) in [5.41, 5.74) is 6.64. The highest BCUT2D eigenvalue weighted by Gasteiger charge is 2.30. The number of aliphatic imine (C=N–C) groups is 1. The summed E-state index contributed by atoms with van der Waals surface area (Å²) < 4.78 is 5.53. The zero-order valence-corrected chi connectivity index (χ0v) is 23.0. The summed E-state index contributed by atoms with van der Waals surface area (Å²) in [4.78, 5) is 31.0. The summed E-state index contributed by atoms with van der Waals surface area (Å²) in [6, 6.07) is 20.5. The summed E-state index contributed by atoms with van der Waals surface area (Å²) in [6.07, 6.45) is 0. The van der Waals surface area contributed by atoms with Crippen molar-refractivity contribution in [3.05, 3.63) is 100 Å². The summed E-state index contributed by atoms with van der Waals surface area (Å²) >= 11 is 1.30. The maximum atomic E-state index is 13.4. The van der Waals surface area contributed by atoms with Crippen LogP contribution in [-0.4, -0.2) is 29.8 Å². The normalized spacial score (nSPS) is 14.9. The molecule has 3 aromatic carbocycles. The number of hydrogen-bond donors (Lipinski definition) is 3. The highest BCUT2D eigenvalue weighted by atomic mass is 32.2. The van der Waals surface area contributed by atoms with E-state index in [2.05, 4.69) is 22.0 Å². The first kappa shape index (κ1) is 27.0. The maximum absolute atomic E-state index is 13.4. The number of rotatable bonds is 7. The van der Waals surface area contributed by atoms with E-state index in [-0.39, 0.29) is 17.6 Å². The molecule has 0 aliphatic carbocycles. The van der Waals surface area contributed by atoms with Crippen LogP contribution < -0.4 is 20.7 Å². The molecule has 0 spiro atoms. The zero-order chi connectivity index (χ0) is 27.2. The van der Waals surface area contributed by atoms with Crippen molar-refractivity contribution < 1.29 is 14.3 Å². The van der Waals surface area contributed by atoms with E-state index in [9.17, 15) is 9.59 Å². The second-order valence-corrected chi connectivity index (χ2v) is 10.2. The van der Waals surface area contributed by atoms with Crippen molar-refractivity contribution >= 4 is 40.1 Å². The molecule has 1 aliphatic rings. The Balaban J connectivity index is 1.57. The molecule has 1 heterocycles. The van der Waals surface area contributed by atoms with E-state index in [0.29, 0.717) is 22.1 Å². The third-order valence-corrected chi connectivity index (χ3v) is 6.98. The van der Waals surface area contributed by atoms with Gasteiger partial charge in [-0.2, -0.15) is 0 Å². The SMILES string of the molecule is COc1cc([C@@H]2N=C(SCC(=O)Nc3cc(C)cc(C)c3)NC(C)=C2C(=O)Nc2ccccc2)ccc1C. The highest BCUT2D eigenvalue weighted by molar-refractivity contribution is 8.14. The van der Waals surface area contributed by atoms with Crippen LogP contribution in [0.1, 0.15) is 35.2 Å². The molecule has 0 fully saturated rings. The molecule has 0 saturated heterocycles. The Bertz CT molecular complexity index is 1400. The van der Waals surface area contributed by atoms with E-state index >= 15 is 0 Å². The second-order valence-electron chi connectivity index (χ2n) is 9.26. The molecule has 7 nitrogen and oxygen atoms in total. The molecule has 0 unspecified atom stereocenters. The maximum Gasteiger partial charge on any atom is 0.255 e. The van der Waals surface area contributed by atoms with Crippen LogP contribution in [0, 0.1) is 20.8 Å². The number of anilines is 2. The number of carbonyl (C=O) groups is 2. The molecular weight excluding hydrogens is 496 g/mol. The lowest BCUT2D eigenvalue weighted by atomic mass is 9.94. The number of allylic oxidation sites excluding steroid dienone is 1. The minimum absolute atomic E-state index is 0.132. The molecular formula is C30H32N4O3S. The number of thioether (sulfide) groups is 1. The molecule has 4 rings (SSSR count). The molecule has 196 valence electrons. The van der Waals surface area contributed by atoms with E-state index in [4.69, 9.17) is 9.73 Å². The van der Waals surface area contributed by atoms with Crippen molar-refractivity contribution in [1.82, 2.24) is 5.32 Å². The zero-order valence-electron chi connectivity index (χ0n) is 22.2. The number of para-hydroxylation sites is 1. The minimum Gasteiger partial charge on any atom is -0.496 e. The lowest BCUT2D eigenvalue weighted by Gasteiger charge is -2.27. The molecule has 0 aromatic heterocycles. The largest absolute Gasteiger partial charge is 0.496 e. The van der Waals surface area contributed by atoms with Gasteiger partial charge in [0, 0.05) is 17.1 Å². The monoisotopic (exact) mass is 528 g/mol. The van der Waals surface area contributed by atoms with Gasteiger partial charge in [-0.25, -0.2) is 4.99 Å². The number of methoxy groups -OCH3 is 1. The molecule has 3 N–H and O–H groups in total. The van der Waals surface area contributed by atoms with Crippen molar-refractivity contribution in [2.24, 2.45) is 4.99 Å². The van der Waals surface area contributed by atoms with Crippen LogP contribution in [0.5, 0.6) is 5.75 Å². The van der Waals surface area contributed by atoms with Crippen molar-refractivity contribution in [1.29, 1.82) is 0 Å². The van der Waals surface area contributed by atoms with Gasteiger partial charge < -0.3 is 20.7 Å². The van der Waals surface area contributed by atoms with Gasteiger partial charge in [0.15, 0.2) is 5.17 Å². The van der Waals surface area contributed by atoms with E-state index in [1.54, 1.807) is 7.11 Å². The smallest absolute Gasteiger partial charge is 0.255 e. The van der Waals surface area contributed by atoms with Crippen LogP contribution in [0.25, 0.3) is 0 Å². The number of nitrogens with one attached hydrogen (secondary N) is 3. The number of nitrogens with zero attached hydrogens (tertiary/aromatic N) is 1. The number of aryl methyl sites for hydroxylation is 3. The Morgan fingerprint density at radius 2 is 1.63 bits per heavy atom. The Labute approximate surface area is 227 Å². The molecule has 8 heteroatoms. The average Bonchev–Trinajstić information content (AvgIpc) is 2.87. The molecule has 2 amide bonds. The number of amides is 2. The van der Waals surface area contributed by atoms with Crippen molar-refractivity contribution in [3.63, 3.8) is 0 Å². The Morgan fingerprint density at radius 1 is 0.921 bits per heavy atom. The minimum atomic E-state index is -0.570. The fourth-order valence-electron chi connectivity index (χ4n) is 4.36. The summed E-state index contributed by atoms with van der Waals surface area (Å²) in [7, 11) is 1.62. The van der Waals surface area contributed by atoms with Crippen LogP contribution in [0.2, 0.25) is 0 Å². The first-order valence-corrected chi connectivity index (χ1v) is 13.3. The van der Waals surface area contributed by atoms with E-state index < -0.39 is 6.04 Å². The first-order chi connectivity index (χ1) is 18.2. The second kappa shape index (κ2) is 12.0. The number of benzene rings is 3. The number of hydrogen-bond acceptors (Lipinski definition) is 6. The summed E-state index contributed by atoms with van der Waals surface area (Å²) in [5.74, 6) is 0.513. The van der Waals surface area contributed by atoms with Crippen molar-refractivity contribution in [2.75, 3.05) is 23.5 Å². The van der Waals surface area contributed by atoms with Crippen LogP contribution in [-0.2, 0) is 9.59 Å². The van der Waals surface area contributed by atoms with E-state index in [0.717, 1.165) is 33.7 Å². The summed E-state index contributed by atoms with van der Waals surface area (Å²) in [5, 5.41) is 9.73. The van der Waals surface area contributed by atoms with Gasteiger partial charge in [0.25, 0.3) is 5.91 Å². The van der Waals surface area contributed by atoms with Crippen LogP contribution in [0.3, 0.4) is 0 Å². The van der Waals surface area contributed by atoms with Gasteiger partial charge in [0.05, 0.1) is 18.4 Å². The van der Waals surface area contributed by atoms with Gasteiger partial charge in [0.1, 0.15) is 11.8 Å². The van der Waals surface area contributed by atoms with Crippen molar-refractivity contribution in [2.45, 2.75) is 33.7 Å². The lowest BCUT2D eigenvalue weighted by Crippen LogP contribution is -2.32. The molecule has 0 radical (unpaired) electrons. The third kappa shape index (κ3) is 6.63. The molecule has 1 aliphatic heterocycles. The van der Waals surface area contributed by atoms with E-state index in [1.165, 1.54) is 11.8 Å². The molecule has 38 heavy (non-hydrogen) atoms.